The monoisotopic (exact) mass is 367 g/mol. The van der Waals surface area contributed by atoms with Gasteiger partial charge in [0.2, 0.25) is 5.91 Å². The molecule has 0 saturated carbocycles. The van der Waals surface area contributed by atoms with E-state index < -0.39 is 0 Å². The quantitative estimate of drug-likeness (QED) is 0.818. The Bertz CT molecular complexity index is 864. The van der Waals surface area contributed by atoms with E-state index >= 15 is 0 Å². The number of hydrogen-bond acceptors (Lipinski definition) is 5. The van der Waals surface area contributed by atoms with Crippen molar-refractivity contribution in [2.24, 2.45) is 0 Å². The van der Waals surface area contributed by atoms with Gasteiger partial charge in [0.25, 0.3) is 5.91 Å². The molecule has 4 rings (SSSR count). The maximum Gasteiger partial charge on any atom is 0.251 e. The fourth-order valence-corrected chi connectivity index (χ4v) is 3.67. The largest absolute Gasteiger partial charge is 0.377 e. The minimum absolute atomic E-state index is 0.0743. The number of benzene rings is 1. The molecule has 8 nitrogen and oxygen atoms in total. The van der Waals surface area contributed by atoms with Gasteiger partial charge in [0.1, 0.15) is 0 Å². The number of rotatable bonds is 4. The molecule has 1 N–H and O–H groups in total. The van der Waals surface area contributed by atoms with Crippen molar-refractivity contribution in [3.05, 3.63) is 54.4 Å². The normalized spacial score (nSPS) is 21.6. The predicted molar refractivity (Wildman–Crippen MR) is 98.4 cm³/mol. The van der Waals surface area contributed by atoms with Crippen LogP contribution in [0, 0.1) is 0 Å². The second-order valence-corrected chi connectivity index (χ2v) is 6.71. The molecule has 1 aromatic carbocycles. The lowest BCUT2D eigenvalue weighted by molar-refractivity contribution is -0.114. The first-order chi connectivity index (χ1) is 13.2. The van der Waals surface area contributed by atoms with Gasteiger partial charge < -0.3 is 15.0 Å². The summed E-state index contributed by atoms with van der Waals surface area (Å²) in [6, 6.07) is 5.21. The average molecular weight is 367 g/mol. The highest BCUT2D eigenvalue weighted by atomic mass is 16.5. The lowest BCUT2D eigenvalue weighted by atomic mass is 9.98. The highest BCUT2D eigenvalue weighted by Gasteiger charge is 2.32. The Hall–Kier alpha value is -3.00. The fourth-order valence-electron chi connectivity index (χ4n) is 3.67. The minimum Gasteiger partial charge on any atom is -0.377 e. The molecule has 0 aliphatic carbocycles. The molecule has 1 fully saturated rings. The zero-order valence-corrected chi connectivity index (χ0v) is 14.9. The molecular weight excluding hydrogens is 346 g/mol. The Morgan fingerprint density at radius 1 is 1.33 bits per heavy atom. The van der Waals surface area contributed by atoms with Crippen molar-refractivity contribution in [3.63, 3.8) is 0 Å². The summed E-state index contributed by atoms with van der Waals surface area (Å²) in [5.41, 5.74) is 2.43. The summed E-state index contributed by atoms with van der Waals surface area (Å²) in [7, 11) is 0. The van der Waals surface area contributed by atoms with Crippen LogP contribution in [-0.2, 0) is 16.0 Å². The number of ether oxygens (including phenoxy) is 1. The molecule has 140 valence electrons. The molecule has 2 aliphatic heterocycles. The molecule has 27 heavy (non-hydrogen) atoms. The fraction of sp³-hybridized carbons (Fsp3) is 0.368. The van der Waals surface area contributed by atoms with Crippen molar-refractivity contribution in [1.29, 1.82) is 0 Å². The molecular formula is C19H21N5O3. The second-order valence-electron chi connectivity index (χ2n) is 6.71. The Kier molecular flexibility index (Phi) is 4.72. The van der Waals surface area contributed by atoms with Gasteiger partial charge in [0.05, 0.1) is 31.5 Å². The summed E-state index contributed by atoms with van der Waals surface area (Å²) >= 11 is 0. The highest BCUT2D eigenvalue weighted by Crippen LogP contribution is 2.28. The smallest absolute Gasteiger partial charge is 0.251 e. The molecule has 0 bridgehead atoms. The van der Waals surface area contributed by atoms with Gasteiger partial charge in [-0.3, -0.25) is 9.59 Å². The first-order valence-corrected chi connectivity index (χ1v) is 8.98. The van der Waals surface area contributed by atoms with E-state index in [1.54, 1.807) is 28.0 Å². The number of aryl methyl sites for hydroxylation is 1. The lowest BCUT2D eigenvalue weighted by Gasteiger charge is -2.29. The van der Waals surface area contributed by atoms with Crippen LogP contribution in [0.2, 0.25) is 0 Å². The van der Waals surface area contributed by atoms with E-state index in [0.29, 0.717) is 25.3 Å². The predicted octanol–water partition coefficient (Wildman–Crippen LogP) is 1.11. The zero-order chi connectivity index (χ0) is 18.8. The number of amides is 2. The Labute approximate surface area is 156 Å². The van der Waals surface area contributed by atoms with Crippen molar-refractivity contribution in [1.82, 2.24) is 20.3 Å². The van der Waals surface area contributed by atoms with Crippen molar-refractivity contribution in [2.45, 2.75) is 24.9 Å². The third kappa shape index (κ3) is 3.35. The van der Waals surface area contributed by atoms with Gasteiger partial charge in [-0.25, -0.2) is 4.68 Å². The number of carbonyl (C=O) groups is 2. The maximum atomic E-state index is 12.8. The SMILES string of the molecule is C=CC(=O)N1CCCc2cc(C(=O)N[C@@H]3COC[C@@H]3n3ccnn3)ccc21. The van der Waals surface area contributed by atoms with Gasteiger partial charge >= 0.3 is 0 Å². The summed E-state index contributed by atoms with van der Waals surface area (Å²) < 4.78 is 7.23. The molecule has 8 heteroatoms. The number of anilines is 1. The van der Waals surface area contributed by atoms with Crippen LogP contribution in [0.5, 0.6) is 0 Å². The van der Waals surface area contributed by atoms with Gasteiger partial charge in [-0.15, -0.1) is 5.10 Å². The van der Waals surface area contributed by atoms with E-state index in [1.807, 2.05) is 12.1 Å². The van der Waals surface area contributed by atoms with Gasteiger partial charge in [-0.05, 0) is 42.7 Å². The average Bonchev–Trinajstić information content (AvgIpc) is 3.38. The topological polar surface area (TPSA) is 89.4 Å². The van der Waals surface area contributed by atoms with Crippen molar-refractivity contribution in [2.75, 3.05) is 24.7 Å². The Morgan fingerprint density at radius 3 is 3.00 bits per heavy atom. The zero-order valence-electron chi connectivity index (χ0n) is 14.9. The first-order valence-electron chi connectivity index (χ1n) is 8.98. The highest BCUT2D eigenvalue weighted by molar-refractivity contribution is 6.02. The molecule has 0 unspecified atom stereocenters. The van der Waals surface area contributed by atoms with Crippen LogP contribution in [-0.4, -0.2) is 52.6 Å². The summed E-state index contributed by atoms with van der Waals surface area (Å²) in [4.78, 5) is 26.5. The molecule has 3 heterocycles. The van der Waals surface area contributed by atoms with Crippen LogP contribution >= 0.6 is 0 Å². The van der Waals surface area contributed by atoms with E-state index in [0.717, 1.165) is 24.1 Å². The Morgan fingerprint density at radius 2 is 2.22 bits per heavy atom. The van der Waals surface area contributed by atoms with E-state index in [9.17, 15) is 9.59 Å². The van der Waals surface area contributed by atoms with Gasteiger partial charge in [-0.1, -0.05) is 11.8 Å². The van der Waals surface area contributed by atoms with Crippen LogP contribution in [0.4, 0.5) is 5.69 Å². The van der Waals surface area contributed by atoms with Crippen molar-refractivity contribution < 1.29 is 14.3 Å². The summed E-state index contributed by atoms with van der Waals surface area (Å²) in [6.45, 7) is 5.15. The van der Waals surface area contributed by atoms with E-state index in [1.165, 1.54) is 6.08 Å². The second kappa shape index (κ2) is 7.32. The molecule has 0 radical (unpaired) electrons. The van der Waals surface area contributed by atoms with E-state index in [2.05, 4.69) is 22.2 Å². The molecule has 2 amide bonds. The molecule has 1 aromatic heterocycles. The van der Waals surface area contributed by atoms with Gasteiger partial charge in [0.15, 0.2) is 0 Å². The van der Waals surface area contributed by atoms with Gasteiger partial charge in [-0.2, -0.15) is 0 Å². The first kappa shape index (κ1) is 17.4. The van der Waals surface area contributed by atoms with Crippen molar-refractivity contribution in [3.8, 4) is 0 Å². The number of aromatic nitrogens is 3. The number of nitrogens with zero attached hydrogens (tertiary/aromatic N) is 4. The number of carbonyl (C=O) groups excluding carboxylic acids is 2. The van der Waals surface area contributed by atoms with Crippen LogP contribution in [0.1, 0.15) is 28.4 Å². The molecule has 0 spiro atoms. The standard InChI is InChI=1S/C19H21N5O3/c1-2-18(25)23-8-3-4-13-10-14(5-6-16(13)23)19(26)21-15-11-27-12-17(15)24-9-7-20-22-24/h2,5-7,9-10,15,17H,1,3-4,8,11-12H2,(H,21,26)/t15-,17+/m1/s1. The molecule has 2 aromatic rings. The van der Waals surface area contributed by atoms with E-state index in [4.69, 9.17) is 4.74 Å². The number of fused-ring (bicyclic) bond motifs is 1. The maximum absolute atomic E-state index is 12.8. The van der Waals surface area contributed by atoms with Gasteiger partial charge in [0, 0.05) is 24.0 Å². The third-order valence-corrected chi connectivity index (χ3v) is 5.05. The lowest BCUT2D eigenvalue weighted by Crippen LogP contribution is -2.41. The third-order valence-electron chi connectivity index (χ3n) is 5.05. The number of nitrogens with one attached hydrogen (secondary N) is 1. The molecule has 1 saturated heterocycles. The number of hydrogen-bond donors (Lipinski definition) is 1. The van der Waals surface area contributed by atoms with E-state index in [-0.39, 0.29) is 23.9 Å². The van der Waals surface area contributed by atoms with Crippen LogP contribution in [0.3, 0.4) is 0 Å². The molecule has 2 atom stereocenters. The summed E-state index contributed by atoms with van der Waals surface area (Å²) in [5.74, 6) is -0.280. The minimum atomic E-state index is -0.172. The Balaban J connectivity index is 1.51. The van der Waals surface area contributed by atoms with Crippen molar-refractivity contribution >= 4 is 17.5 Å². The van der Waals surface area contributed by atoms with Crippen LogP contribution in [0.15, 0.2) is 43.2 Å². The molecule has 2 aliphatic rings. The summed E-state index contributed by atoms with van der Waals surface area (Å²) in [6.07, 6.45) is 6.40. The summed E-state index contributed by atoms with van der Waals surface area (Å²) in [5, 5.41) is 10.9. The van der Waals surface area contributed by atoms with Crippen LogP contribution < -0.4 is 10.2 Å². The van der Waals surface area contributed by atoms with Crippen LogP contribution in [0.25, 0.3) is 0 Å².